The van der Waals surface area contributed by atoms with E-state index in [4.69, 9.17) is 4.74 Å². The zero-order valence-electron chi connectivity index (χ0n) is 12.0. The molecule has 0 radical (unpaired) electrons. The van der Waals surface area contributed by atoms with Gasteiger partial charge in [-0.15, -0.1) is 0 Å². The number of fused-ring (bicyclic) bond motifs is 1. The number of hydrogen-bond donors (Lipinski definition) is 1. The van der Waals surface area contributed by atoms with Crippen molar-refractivity contribution in [2.75, 3.05) is 19.7 Å². The van der Waals surface area contributed by atoms with Gasteiger partial charge in [-0.25, -0.2) is 4.98 Å². The molecule has 2 atom stereocenters. The van der Waals surface area contributed by atoms with Crippen LogP contribution in [0.4, 0.5) is 0 Å². The summed E-state index contributed by atoms with van der Waals surface area (Å²) in [6.07, 6.45) is 0.0168. The Morgan fingerprint density at radius 3 is 2.81 bits per heavy atom. The van der Waals surface area contributed by atoms with Gasteiger partial charge in [0.05, 0.1) is 18.9 Å². The summed E-state index contributed by atoms with van der Waals surface area (Å²) in [4.78, 5) is 44.2. The van der Waals surface area contributed by atoms with Crippen molar-refractivity contribution in [2.24, 2.45) is 11.8 Å². The maximum Gasteiger partial charge on any atom is 0.311 e. The van der Waals surface area contributed by atoms with E-state index in [0.717, 1.165) is 0 Å². The van der Waals surface area contributed by atoms with Crippen molar-refractivity contribution in [1.29, 1.82) is 0 Å². The van der Waals surface area contributed by atoms with Crippen molar-refractivity contribution in [2.45, 2.75) is 20.3 Å². The second-order valence-electron chi connectivity index (χ2n) is 5.69. The lowest BCUT2D eigenvalue weighted by atomic mass is 10.0. The third-order valence-electron chi connectivity index (χ3n) is 4.20. The first-order valence-electron chi connectivity index (χ1n) is 6.96. The van der Waals surface area contributed by atoms with E-state index in [1.807, 2.05) is 0 Å². The molecular formula is C14H17N3O4. The molecule has 7 nitrogen and oxygen atoms in total. The number of nitrogens with one attached hydrogen (secondary N) is 1. The SMILES string of the molecule is Cc1nc(C)c(CC(=O)N2C[C@@H]3COC(=O)[C@@H]3C2)c(=O)[nH]1. The van der Waals surface area contributed by atoms with E-state index in [9.17, 15) is 14.4 Å². The van der Waals surface area contributed by atoms with Gasteiger partial charge >= 0.3 is 5.97 Å². The summed E-state index contributed by atoms with van der Waals surface area (Å²) in [7, 11) is 0. The first-order valence-corrected chi connectivity index (χ1v) is 6.96. The van der Waals surface area contributed by atoms with Crippen molar-refractivity contribution < 1.29 is 14.3 Å². The van der Waals surface area contributed by atoms with E-state index in [0.29, 0.717) is 36.8 Å². The highest BCUT2D eigenvalue weighted by Crippen LogP contribution is 2.30. The van der Waals surface area contributed by atoms with Crippen LogP contribution in [0.2, 0.25) is 0 Å². The molecule has 0 spiro atoms. The van der Waals surface area contributed by atoms with Crippen LogP contribution in [0.5, 0.6) is 0 Å². The Morgan fingerprint density at radius 1 is 1.38 bits per heavy atom. The molecule has 3 rings (SSSR count). The molecule has 21 heavy (non-hydrogen) atoms. The van der Waals surface area contributed by atoms with Gasteiger partial charge < -0.3 is 14.6 Å². The molecule has 2 saturated heterocycles. The van der Waals surface area contributed by atoms with Crippen LogP contribution in [0, 0.1) is 25.7 Å². The number of carbonyl (C=O) groups excluding carboxylic acids is 2. The molecule has 0 bridgehead atoms. The average molecular weight is 291 g/mol. The summed E-state index contributed by atoms with van der Waals surface area (Å²) >= 11 is 0. The third kappa shape index (κ3) is 2.43. The molecule has 0 aromatic carbocycles. The Labute approximate surface area is 121 Å². The Kier molecular flexibility index (Phi) is 3.27. The van der Waals surface area contributed by atoms with E-state index >= 15 is 0 Å². The average Bonchev–Trinajstić information content (AvgIpc) is 2.96. The van der Waals surface area contributed by atoms with E-state index in [1.54, 1.807) is 18.7 Å². The van der Waals surface area contributed by atoms with Crippen LogP contribution in [0.1, 0.15) is 17.1 Å². The predicted molar refractivity (Wildman–Crippen MR) is 72.6 cm³/mol. The Hall–Kier alpha value is -2.18. The molecule has 1 aromatic rings. The third-order valence-corrected chi connectivity index (χ3v) is 4.20. The van der Waals surface area contributed by atoms with Crippen LogP contribution >= 0.6 is 0 Å². The van der Waals surface area contributed by atoms with Crippen LogP contribution in [0.15, 0.2) is 4.79 Å². The predicted octanol–water partition coefficient (Wildman–Crippen LogP) is -0.439. The summed E-state index contributed by atoms with van der Waals surface area (Å²) < 4.78 is 4.98. The highest BCUT2D eigenvalue weighted by molar-refractivity contribution is 5.82. The van der Waals surface area contributed by atoms with Gasteiger partial charge in [-0.2, -0.15) is 0 Å². The van der Waals surface area contributed by atoms with Crippen molar-refractivity contribution in [1.82, 2.24) is 14.9 Å². The van der Waals surface area contributed by atoms with Gasteiger partial charge in [0.1, 0.15) is 5.82 Å². The molecule has 0 saturated carbocycles. The van der Waals surface area contributed by atoms with Gasteiger partial charge in [0.2, 0.25) is 5.91 Å². The lowest BCUT2D eigenvalue weighted by molar-refractivity contribution is -0.142. The number of aromatic amines is 1. The number of likely N-dealkylation sites (tertiary alicyclic amines) is 1. The number of aryl methyl sites for hydroxylation is 2. The summed E-state index contributed by atoms with van der Waals surface area (Å²) in [5.74, 6) is 0.0615. The number of hydrogen-bond acceptors (Lipinski definition) is 5. The molecule has 2 aliphatic rings. The Morgan fingerprint density at radius 2 is 2.14 bits per heavy atom. The first-order chi connectivity index (χ1) is 9.95. The first kappa shape index (κ1) is 13.8. The Bertz CT molecular complexity index is 667. The van der Waals surface area contributed by atoms with Crippen LogP contribution in [0.25, 0.3) is 0 Å². The summed E-state index contributed by atoms with van der Waals surface area (Å²) in [5, 5.41) is 0. The van der Waals surface area contributed by atoms with Gasteiger partial charge in [-0.3, -0.25) is 14.4 Å². The number of esters is 1. The zero-order valence-corrected chi connectivity index (χ0v) is 12.0. The van der Waals surface area contributed by atoms with Gasteiger partial charge in [-0.05, 0) is 13.8 Å². The molecule has 0 aliphatic carbocycles. The normalized spacial score (nSPS) is 24.1. The fourth-order valence-corrected chi connectivity index (χ4v) is 3.03. The van der Waals surface area contributed by atoms with Crippen LogP contribution in [-0.2, 0) is 20.7 Å². The lowest BCUT2D eigenvalue weighted by Crippen LogP contribution is -2.34. The number of amides is 1. The molecule has 1 amide bonds. The van der Waals surface area contributed by atoms with Gasteiger partial charge in [0.15, 0.2) is 0 Å². The number of cyclic esters (lactones) is 1. The smallest absolute Gasteiger partial charge is 0.311 e. The Balaban J connectivity index is 1.74. The number of H-pyrrole nitrogens is 1. The monoisotopic (exact) mass is 291 g/mol. The van der Waals surface area contributed by atoms with Crippen molar-refractivity contribution in [3.05, 3.63) is 27.4 Å². The van der Waals surface area contributed by atoms with Gasteiger partial charge in [-0.1, -0.05) is 0 Å². The van der Waals surface area contributed by atoms with Crippen LogP contribution in [-0.4, -0.2) is 46.4 Å². The number of aromatic nitrogens is 2. The maximum absolute atomic E-state index is 12.3. The largest absolute Gasteiger partial charge is 0.465 e. The molecule has 2 fully saturated rings. The zero-order chi connectivity index (χ0) is 15.1. The molecular weight excluding hydrogens is 274 g/mol. The number of nitrogens with zero attached hydrogens (tertiary/aromatic N) is 2. The van der Waals surface area contributed by atoms with Gasteiger partial charge in [0.25, 0.3) is 5.56 Å². The van der Waals surface area contributed by atoms with Crippen molar-refractivity contribution in [3.63, 3.8) is 0 Å². The van der Waals surface area contributed by atoms with Crippen LogP contribution in [0.3, 0.4) is 0 Å². The molecule has 2 aliphatic heterocycles. The molecule has 112 valence electrons. The summed E-state index contributed by atoms with van der Waals surface area (Å²) in [5.41, 5.74) is 0.695. The van der Waals surface area contributed by atoms with Crippen molar-refractivity contribution >= 4 is 11.9 Å². The second-order valence-corrected chi connectivity index (χ2v) is 5.69. The summed E-state index contributed by atoms with van der Waals surface area (Å²) in [6.45, 7) is 4.72. The van der Waals surface area contributed by atoms with Crippen LogP contribution < -0.4 is 5.56 Å². The van der Waals surface area contributed by atoms with E-state index < -0.39 is 0 Å². The molecule has 3 heterocycles. The standard InChI is InChI=1S/C14H17N3O4/c1-7-10(13(19)16-8(2)15-7)3-12(18)17-4-9-6-21-14(20)11(9)5-17/h9,11H,3-6H2,1-2H3,(H,15,16,19)/t9-,11-/m1/s1. The highest BCUT2D eigenvalue weighted by atomic mass is 16.5. The minimum Gasteiger partial charge on any atom is -0.465 e. The second kappa shape index (κ2) is 4.98. The van der Waals surface area contributed by atoms with E-state index in [-0.39, 0.29) is 35.7 Å². The number of rotatable bonds is 2. The molecule has 7 heteroatoms. The molecule has 0 unspecified atom stereocenters. The van der Waals surface area contributed by atoms with E-state index in [1.165, 1.54) is 0 Å². The molecule has 1 N–H and O–H groups in total. The van der Waals surface area contributed by atoms with Gasteiger partial charge in [0, 0.05) is 30.3 Å². The lowest BCUT2D eigenvalue weighted by Gasteiger charge is -2.17. The minimum atomic E-state index is -0.271. The van der Waals surface area contributed by atoms with Crippen molar-refractivity contribution in [3.8, 4) is 0 Å². The quantitative estimate of drug-likeness (QED) is 0.746. The number of carbonyl (C=O) groups is 2. The highest BCUT2D eigenvalue weighted by Gasteiger charge is 2.45. The maximum atomic E-state index is 12.3. The number of ether oxygens (including phenoxy) is 1. The fourth-order valence-electron chi connectivity index (χ4n) is 3.03. The minimum absolute atomic E-state index is 0.0168. The molecule has 1 aromatic heterocycles. The topological polar surface area (TPSA) is 92.4 Å². The fraction of sp³-hybridized carbons (Fsp3) is 0.571. The summed E-state index contributed by atoms with van der Waals surface area (Å²) in [6, 6.07) is 0. The van der Waals surface area contributed by atoms with E-state index in [2.05, 4.69) is 9.97 Å².